The predicted molar refractivity (Wildman–Crippen MR) is 60.7 cm³/mol. The normalized spacial score (nSPS) is 14.9. The fraction of sp³-hybridized carbons (Fsp3) is 0.444. The van der Waals surface area contributed by atoms with Gasteiger partial charge in [-0.05, 0) is 29.2 Å². The van der Waals surface area contributed by atoms with E-state index in [1.165, 1.54) is 11.4 Å². The topological polar surface area (TPSA) is 77.8 Å². The van der Waals surface area contributed by atoms with Crippen molar-refractivity contribution in [3.05, 3.63) is 21.9 Å². The van der Waals surface area contributed by atoms with E-state index in [9.17, 15) is 15.0 Å². The molecular weight excluding hydrogens is 236 g/mol. The summed E-state index contributed by atoms with van der Waals surface area (Å²) in [4.78, 5) is 10.7. The Labute approximate surface area is 96.6 Å². The van der Waals surface area contributed by atoms with E-state index in [0.29, 0.717) is 17.7 Å². The van der Waals surface area contributed by atoms with Crippen LogP contribution in [-0.4, -0.2) is 33.1 Å². The van der Waals surface area contributed by atoms with Gasteiger partial charge in [0.1, 0.15) is 11.0 Å². The Kier molecular flexibility index (Phi) is 4.59. The van der Waals surface area contributed by atoms with Crippen LogP contribution in [0.3, 0.4) is 0 Å². The molecule has 84 valence electrons. The zero-order valence-corrected chi connectivity index (χ0v) is 9.54. The second kappa shape index (κ2) is 5.50. The molecule has 0 aliphatic heterocycles. The van der Waals surface area contributed by atoms with E-state index >= 15 is 0 Å². The number of carboxylic acids is 1. The number of rotatable bonds is 5. The lowest BCUT2D eigenvalue weighted by Gasteiger charge is -2.15. The Morgan fingerprint density at radius 3 is 2.67 bits per heavy atom. The molecule has 15 heavy (non-hydrogen) atoms. The van der Waals surface area contributed by atoms with Crippen molar-refractivity contribution in [2.45, 2.75) is 18.6 Å². The van der Waals surface area contributed by atoms with Gasteiger partial charge in [0.15, 0.2) is 0 Å². The molecule has 2 unspecified atom stereocenters. The second-order valence-corrected chi connectivity index (χ2v) is 4.43. The quantitative estimate of drug-likeness (QED) is 0.590. The summed E-state index contributed by atoms with van der Waals surface area (Å²) in [5, 5.41) is 29.3. The highest BCUT2D eigenvalue weighted by molar-refractivity contribution is 7.80. The van der Waals surface area contributed by atoms with Crippen LogP contribution in [0.15, 0.2) is 11.4 Å². The van der Waals surface area contributed by atoms with Crippen molar-refractivity contribution in [2.24, 2.45) is 0 Å². The molecule has 0 radical (unpaired) electrons. The van der Waals surface area contributed by atoms with Crippen LogP contribution in [0.25, 0.3) is 0 Å². The lowest BCUT2D eigenvalue weighted by Crippen LogP contribution is -2.18. The van der Waals surface area contributed by atoms with E-state index < -0.39 is 18.2 Å². The number of carbonyl (C=O) groups is 1. The Bertz CT molecular complexity index is 337. The average molecular weight is 248 g/mol. The van der Waals surface area contributed by atoms with Gasteiger partial charge in [-0.15, -0.1) is 11.3 Å². The SMILES string of the molecule is O=C(O)c1cc(C(O)C(O)CCS)cs1. The minimum atomic E-state index is -1.04. The van der Waals surface area contributed by atoms with Crippen LogP contribution in [0.2, 0.25) is 0 Å². The molecule has 4 nitrogen and oxygen atoms in total. The third-order valence-electron chi connectivity index (χ3n) is 1.96. The van der Waals surface area contributed by atoms with Crippen molar-refractivity contribution < 1.29 is 20.1 Å². The van der Waals surface area contributed by atoms with Crippen LogP contribution in [0.1, 0.15) is 27.8 Å². The van der Waals surface area contributed by atoms with Gasteiger partial charge >= 0.3 is 5.97 Å². The van der Waals surface area contributed by atoms with Crippen LogP contribution >= 0.6 is 24.0 Å². The molecule has 0 saturated heterocycles. The highest BCUT2D eigenvalue weighted by Gasteiger charge is 2.20. The van der Waals surface area contributed by atoms with E-state index in [4.69, 9.17) is 5.11 Å². The maximum atomic E-state index is 10.6. The van der Waals surface area contributed by atoms with Gasteiger partial charge in [-0.3, -0.25) is 0 Å². The van der Waals surface area contributed by atoms with Gasteiger partial charge in [0.2, 0.25) is 0 Å². The highest BCUT2D eigenvalue weighted by atomic mass is 32.1. The Morgan fingerprint density at radius 2 is 2.20 bits per heavy atom. The fourth-order valence-electron chi connectivity index (χ4n) is 1.13. The first-order valence-corrected chi connectivity index (χ1v) is 5.86. The van der Waals surface area contributed by atoms with E-state index in [1.54, 1.807) is 0 Å². The van der Waals surface area contributed by atoms with Crippen molar-refractivity contribution in [2.75, 3.05) is 5.75 Å². The molecule has 1 aromatic heterocycles. The zero-order chi connectivity index (χ0) is 11.4. The summed E-state index contributed by atoms with van der Waals surface area (Å²) in [7, 11) is 0. The molecule has 0 bridgehead atoms. The van der Waals surface area contributed by atoms with Crippen molar-refractivity contribution in [3.8, 4) is 0 Å². The standard InChI is InChI=1S/C9H12O4S2/c10-6(1-2-14)8(11)5-3-7(9(12)13)15-4-5/h3-4,6,8,10-11,14H,1-2H2,(H,12,13). The molecule has 0 amide bonds. The third-order valence-corrected chi connectivity index (χ3v) is 3.16. The predicted octanol–water partition coefficient (Wildman–Crippen LogP) is 1.16. The van der Waals surface area contributed by atoms with Crippen LogP contribution in [0, 0.1) is 0 Å². The molecule has 0 aliphatic carbocycles. The van der Waals surface area contributed by atoms with E-state index in [1.807, 2.05) is 0 Å². The van der Waals surface area contributed by atoms with Crippen molar-refractivity contribution in [1.29, 1.82) is 0 Å². The summed E-state index contributed by atoms with van der Waals surface area (Å²) in [6, 6.07) is 1.37. The second-order valence-electron chi connectivity index (χ2n) is 3.07. The van der Waals surface area contributed by atoms with Crippen LogP contribution < -0.4 is 0 Å². The number of aliphatic hydroxyl groups is 2. The minimum absolute atomic E-state index is 0.155. The lowest BCUT2D eigenvalue weighted by molar-refractivity contribution is 0.0174. The maximum Gasteiger partial charge on any atom is 0.345 e. The first-order chi connectivity index (χ1) is 7.06. The van der Waals surface area contributed by atoms with Gasteiger partial charge in [-0.2, -0.15) is 12.6 Å². The number of thiol groups is 1. The summed E-state index contributed by atoms with van der Waals surface area (Å²) < 4.78 is 0. The molecule has 0 aromatic carbocycles. The van der Waals surface area contributed by atoms with Gasteiger partial charge in [0.25, 0.3) is 0 Å². The minimum Gasteiger partial charge on any atom is -0.477 e. The molecule has 0 aliphatic rings. The first kappa shape index (κ1) is 12.5. The maximum absolute atomic E-state index is 10.6. The van der Waals surface area contributed by atoms with Crippen LogP contribution in [-0.2, 0) is 0 Å². The van der Waals surface area contributed by atoms with E-state index in [2.05, 4.69) is 12.6 Å². The number of carboxylic acid groups (broad SMARTS) is 1. The molecule has 0 spiro atoms. The Morgan fingerprint density at radius 1 is 1.53 bits per heavy atom. The number of thiophene rings is 1. The van der Waals surface area contributed by atoms with E-state index in [-0.39, 0.29) is 4.88 Å². The Hall–Kier alpha value is -0.560. The molecule has 0 fully saturated rings. The molecule has 6 heteroatoms. The van der Waals surface area contributed by atoms with Crippen LogP contribution in [0.4, 0.5) is 0 Å². The average Bonchev–Trinajstić information content (AvgIpc) is 2.65. The van der Waals surface area contributed by atoms with Crippen molar-refractivity contribution >= 4 is 29.9 Å². The Balaban J connectivity index is 2.73. The number of hydrogen-bond donors (Lipinski definition) is 4. The largest absolute Gasteiger partial charge is 0.477 e. The summed E-state index contributed by atoms with van der Waals surface area (Å²) in [5.74, 6) is -0.559. The van der Waals surface area contributed by atoms with Gasteiger partial charge in [-0.1, -0.05) is 0 Å². The molecule has 1 aromatic rings. The molecule has 3 N–H and O–H groups in total. The van der Waals surface area contributed by atoms with E-state index in [0.717, 1.165) is 11.3 Å². The van der Waals surface area contributed by atoms with Crippen molar-refractivity contribution in [3.63, 3.8) is 0 Å². The number of hydrogen-bond acceptors (Lipinski definition) is 5. The molecule has 2 atom stereocenters. The smallest absolute Gasteiger partial charge is 0.345 e. The van der Waals surface area contributed by atoms with Crippen LogP contribution in [0.5, 0.6) is 0 Å². The fourth-order valence-corrected chi connectivity index (χ4v) is 2.17. The summed E-state index contributed by atoms with van der Waals surface area (Å²) in [6.07, 6.45) is -1.58. The monoisotopic (exact) mass is 248 g/mol. The first-order valence-electron chi connectivity index (χ1n) is 4.35. The number of aliphatic hydroxyl groups excluding tert-OH is 2. The lowest BCUT2D eigenvalue weighted by atomic mass is 10.1. The summed E-state index contributed by atoms with van der Waals surface area (Å²) >= 11 is 4.97. The van der Waals surface area contributed by atoms with Gasteiger partial charge in [-0.25, -0.2) is 4.79 Å². The molecule has 1 rings (SSSR count). The highest BCUT2D eigenvalue weighted by Crippen LogP contribution is 2.24. The number of aromatic carboxylic acids is 1. The zero-order valence-electron chi connectivity index (χ0n) is 7.83. The molecular formula is C9H12O4S2. The van der Waals surface area contributed by atoms with Gasteiger partial charge < -0.3 is 15.3 Å². The molecule has 0 saturated carbocycles. The summed E-state index contributed by atoms with van der Waals surface area (Å²) in [6.45, 7) is 0. The summed E-state index contributed by atoms with van der Waals surface area (Å²) in [5.41, 5.74) is 0.437. The van der Waals surface area contributed by atoms with Crippen molar-refractivity contribution in [1.82, 2.24) is 0 Å². The third kappa shape index (κ3) is 3.20. The van der Waals surface area contributed by atoms with Gasteiger partial charge in [0.05, 0.1) is 6.10 Å². The van der Waals surface area contributed by atoms with Gasteiger partial charge in [0, 0.05) is 0 Å². The molecule has 1 heterocycles.